The lowest BCUT2D eigenvalue weighted by atomic mass is 9.49. The van der Waals surface area contributed by atoms with Crippen LogP contribution < -0.4 is 10.1 Å². The van der Waals surface area contributed by atoms with Crippen LogP contribution in [0, 0.1) is 23.2 Å². The average molecular weight is 341 g/mol. The topological polar surface area (TPSA) is 38.3 Å². The van der Waals surface area contributed by atoms with E-state index in [4.69, 9.17) is 4.74 Å². The smallest absolute Gasteiger partial charge is 0.230 e. The number of benzene rings is 1. The van der Waals surface area contributed by atoms with Crippen LogP contribution in [0.4, 0.5) is 5.69 Å². The summed E-state index contributed by atoms with van der Waals surface area (Å²) in [5, 5.41) is 3.27. The molecule has 1 aromatic carbocycles. The zero-order valence-electron chi connectivity index (χ0n) is 16.0. The number of amides is 1. The number of ether oxygens (including phenoxy) is 1. The zero-order valence-corrected chi connectivity index (χ0v) is 16.0. The molecule has 4 aliphatic carbocycles. The lowest BCUT2D eigenvalue weighted by molar-refractivity contribution is -0.140. The Labute approximate surface area is 151 Å². The second-order valence-electron chi connectivity index (χ2n) is 9.82. The molecule has 3 nitrogen and oxygen atoms in total. The Morgan fingerprint density at radius 1 is 1.08 bits per heavy atom. The predicted molar refractivity (Wildman–Crippen MR) is 101 cm³/mol. The first kappa shape index (κ1) is 16.9. The number of hydrogen-bond acceptors (Lipinski definition) is 2. The second kappa shape index (κ2) is 5.75. The number of nitrogens with one attached hydrogen (secondary N) is 1. The fraction of sp³-hybridized carbons (Fsp3) is 0.682. The summed E-state index contributed by atoms with van der Waals surface area (Å²) in [5.74, 6) is 3.32. The third-order valence-corrected chi connectivity index (χ3v) is 6.83. The molecule has 4 bridgehead atoms. The summed E-state index contributed by atoms with van der Waals surface area (Å²) in [6.07, 6.45) is 7.34. The fourth-order valence-electron chi connectivity index (χ4n) is 5.92. The van der Waals surface area contributed by atoms with Crippen molar-refractivity contribution >= 4 is 11.6 Å². The molecule has 4 saturated carbocycles. The van der Waals surface area contributed by atoms with Gasteiger partial charge >= 0.3 is 0 Å². The lowest BCUT2D eigenvalue weighted by Gasteiger charge is -2.55. The van der Waals surface area contributed by atoms with Crippen LogP contribution in [0.15, 0.2) is 18.2 Å². The molecule has 25 heavy (non-hydrogen) atoms. The molecule has 136 valence electrons. The van der Waals surface area contributed by atoms with Gasteiger partial charge < -0.3 is 10.1 Å². The van der Waals surface area contributed by atoms with E-state index in [1.165, 1.54) is 24.8 Å². The molecule has 1 amide bonds. The van der Waals surface area contributed by atoms with Gasteiger partial charge in [-0.2, -0.15) is 0 Å². The highest BCUT2D eigenvalue weighted by atomic mass is 16.5. The van der Waals surface area contributed by atoms with Crippen LogP contribution in [0.1, 0.15) is 64.9 Å². The summed E-state index contributed by atoms with van der Waals surface area (Å²) in [4.78, 5) is 13.3. The molecular formula is C22H31NO2. The molecule has 0 atom stereocenters. The summed E-state index contributed by atoms with van der Waals surface area (Å²) < 4.78 is 5.52. The number of methoxy groups -OCH3 is 1. The number of rotatable bonds is 3. The number of carbonyl (C=O) groups excluding carboxylic acids is 1. The van der Waals surface area contributed by atoms with Crippen molar-refractivity contribution in [1.82, 2.24) is 0 Å². The van der Waals surface area contributed by atoms with Crippen molar-refractivity contribution in [3.63, 3.8) is 0 Å². The van der Waals surface area contributed by atoms with Crippen LogP contribution >= 0.6 is 0 Å². The molecule has 0 saturated heterocycles. The van der Waals surface area contributed by atoms with Crippen LogP contribution in [0.5, 0.6) is 5.75 Å². The van der Waals surface area contributed by atoms with E-state index in [1.807, 2.05) is 6.07 Å². The standard InChI is InChI=1S/C22H31NO2/c1-21(2,3)17-5-6-19(25-4)18(10-17)23-20(24)22-11-14-7-15(12-22)9-16(8-14)13-22/h5-6,10,14-16H,7-9,11-13H2,1-4H3,(H,23,24). The van der Waals surface area contributed by atoms with E-state index >= 15 is 0 Å². The summed E-state index contributed by atoms with van der Waals surface area (Å²) in [5.41, 5.74) is 1.97. The van der Waals surface area contributed by atoms with Crippen molar-refractivity contribution in [1.29, 1.82) is 0 Å². The number of carbonyl (C=O) groups is 1. The van der Waals surface area contributed by atoms with Gasteiger partial charge in [0.25, 0.3) is 0 Å². The van der Waals surface area contributed by atoms with Crippen LogP contribution in [0.25, 0.3) is 0 Å². The first-order chi connectivity index (χ1) is 11.8. The molecule has 0 spiro atoms. The summed E-state index contributed by atoms with van der Waals surface area (Å²) in [6.45, 7) is 6.58. The highest BCUT2D eigenvalue weighted by Gasteiger charge is 2.54. The molecule has 5 rings (SSSR count). The van der Waals surface area contributed by atoms with E-state index in [1.54, 1.807) is 7.11 Å². The normalized spacial score (nSPS) is 33.4. The molecule has 0 heterocycles. The minimum Gasteiger partial charge on any atom is -0.495 e. The Bertz CT molecular complexity index is 650. The van der Waals surface area contributed by atoms with Crippen LogP contribution in [-0.2, 0) is 10.2 Å². The third kappa shape index (κ3) is 2.96. The van der Waals surface area contributed by atoms with Crippen molar-refractivity contribution in [2.24, 2.45) is 23.2 Å². The minimum absolute atomic E-state index is 0.0481. The van der Waals surface area contributed by atoms with Gasteiger partial charge in [-0.3, -0.25) is 4.79 Å². The van der Waals surface area contributed by atoms with Gasteiger partial charge in [-0.25, -0.2) is 0 Å². The maximum atomic E-state index is 13.3. The molecule has 0 unspecified atom stereocenters. The molecule has 1 N–H and O–H groups in total. The minimum atomic E-state index is -0.127. The SMILES string of the molecule is COc1ccc(C(C)(C)C)cc1NC(=O)C12CC3CC(CC(C3)C1)C2. The maximum Gasteiger partial charge on any atom is 0.230 e. The molecule has 3 heteroatoms. The van der Waals surface area contributed by atoms with Gasteiger partial charge in [0.05, 0.1) is 18.2 Å². The monoisotopic (exact) mass is 341 g/mol. The Morgan fingerprint density at radius 2 is 1.64 bits per heavy atom. The van der Waals surface area contributed by atoms with Gasteiger partial charge in [-0.1, -0.05) is 26.8 Å². The van der Waals surface area contributed by atoms with E-state index in [9.17, 15) is 4.79 Å². The maximum absolute atomic E-state index is 13.3. The Kier molecular flexibility index (Phi) is 3.90. The highest BCUT2D eigenvalue weighted by molar-refractivity contribution is 5.97. The molecule has 4 fully saturated rings. The molecule has 1 aromatic rings. The number of hydrogen-bond donors (Lipinski definition) is 1. The van der Waals surface area contributed by atoms with Crippen molar-refractivity contribution in [3.05, 3.63) is 23.8 Å². The van der Waals surface area contributed by atoms with Gasteiger partial charge in [0.2, 0.25) is 5.91 Å². The predicted octanol–water partition coefficient (Wildman–Crippen LogP) is 5.15. The first-order valence-corrected chi connectivity index (χ1v) is 9.79. The quantitative estimate of drug-likeness (QED) is 0.826. The highest BCUT2D eigenvalue weighted by Crippen LogP contribution is 2.60. The Balaban J connectivity index is 1.60. The molecular weight excluding hydrogens is 310 g/mol. The second-order valence-corrected chi connectivity index (χ2v) is 9.82. The average Bonchev–Trinajstić information content (AvgIpc) is 2.52. The van der Waals surface area contributed by atoms with Crippen molar-refractivity contribution < 1.29 is 9.53 Å². The summed E-state index contributed by atoms with van der Waals surface area (Å²) in [6, 6.07) is 6.17. The lowest BCUT2D eigenvalue weighted by Crippen LogP contribution is -2.51. The van der Waals surface area contributed by atoms with E-state index < -0.39 is 0 Å². The van der Waals surface area contributed by atoms with Crippen LogP contribution in [-0.4, -0.2) is 13.0 Å². The van der Waals surface area contributed by atoms with Gasteiger partial charge in [0.15, 0.2) is 0 Å². The molecule has 0 radical (unpaired) electrons. The van der Waals surface area contributed by atoms with Gasteiger partial charge in [-0.05, 0) is 79.4 Å². The molecule has 0 aliphatic heterocycles. The summed E-state index contributed by atoms with van der Waals surface area (Å²) >= 11 is 0. The third-order valence-electron chi connectivity index (χ3n) is 6.83. The Morgan fingerprint density at radius 3 is 2.12 bits per heavy atom. The van der Waals surface area contributed by atoms with E-state index in [-0.39, 0.29) is 16.7 Å². The van der Waals surface area contributed by atoms with Crippen molar-refractivity contribution in [2.45, 2.75) is 64.7 Å². The fourth-order valence-corrected chi connectivity index (χ4v) is 5.92. The summed E-state index contributed by atoms with van der Waals surface area (Å²) in [7, 11) is 1.67. The number of anilines is 1. The molecule has 4 aliphatic rings. The van der Waals surface area contributed by atoms with Crippen molar-refractivity contribution in [3.8, 4) is 5.75 Å². The largest absolute Gasteiger partial charge is 0.495 e. The van der Waals surface area contributed by atoms with E-state index in [0.717, 1.165) is 48.5 Å². The first-order valence-electron chi connectivity index (χ1n) is 9.79. The molecule has 0 aromatic heterocycles. The van der Waals surface area contributed by atoms with E-state index in [0.29, 0.717) is 0 Å². The zero-order chi connectivity index (χ0) is 17.8. The van der Waals surface area contributed by atoms with Crippen LogP contribution in [0.3, 0.4) is 0 Å². The van der Waals surface area contributed by atoms with Gasteiger partial charge in [0.1, 0.15) is 5.75 Å². The van der Waals surface area contributed by atoms with Crippen molar-refractivity contribution in [2.75, 3.05) is 12.4 Å². The van der Waals surface area contributed by atoms with Gasteiger partial charge in [0, 0.05) is 0 Å². The van der Waals surface area contributed by atoms with Crippen LogP contribution in [0.2, 0.25) is 0 Å². The van der Waals surface area contributed by atoms with E-state index in [2.05, 4.69) is 38.2 Å². The van der Waals surface area contributed by atoms with Gasteiger partial charge in [-0.15, -0.1) is 0 Å². The Hall–Kier alpha value is -1.51.